The van der Waals surface area contributed by atoms with Crippen LogP contribution >= 0.6 is 11.8 Å². The summed E-state index contributed by atoms with van der Waals surface area (Å²) in [5.41, 5.74) is 1.55. The van der Waals surface area contributed by atoms with Crippen molar-refractivity contribution >= 4 is 11.8 Å². The molecule has 1 aliphatic rings. The maximum atomic E-state index is 2.39. The maximum absolute atomic E-state index is 2.39. The molecule has 0 radical (unpaired) electrons. The molecule has 0 aromatic rings. The topological polar surface area (TPSA) is 0 Å². The van der Waals surface area contributed by atoms with Crippen LogP contribution in [0.2, 0.25) is 0 Å². The molecule has 0 saturated heterocycles. The Morgan fingerprint density at radius 2 is 2.33 bits per heavy atom. The van der Waals surface area contributed by atoms with Crippen LogP contribution in [0, 0.1) is 5.92 Å². The van der Waals surface area contributed by atoms with Gasteiger partial charge in [0.2, 0.25) is 0 Å². The van der Waals surface area contributed by atoms with Gasteiger partial charge in [-0.3, -0.25) is 0 Å². The van der Waals surface area contributed by atoms with E-state index in [9.17, 15) is 0 Å². The molecule has 0 amide bonds. The van der Waals surface area contributed by atoms with Crippen LogP contribution in [-0.2, 0) is 0 Å². The number of hydrogen-bond donors (Lipinski definition) is 0. The molecule has 0 N–H and O–H groups in total. The number of allylic oxidation sites excluding steroid dienone is 4. The summed E-state index contributed by atoms with van der Waals surface area (Å²) in [5, 5.41) is 0. The fourth-order valence-electron chi connectivity index (χ4n) is 1.46. The minimum atomic E-state index is 0.758. The quantitative estimate of drug-likeness (QED) is 0.639. The number of rotatable bonds is 4. The molecule has 0 fully saturated rings. The lowest BCUT2D eigenvalue weighted by atomic mass is 9.94. The van der Waals surface area contributed by atoms with Gasteiger partial charge in [0, 0.05) is 0 Å². The van der Waals surface area contributed by atoms with E-state index < -0.39 is 0 Å². The van der Waals surface area contributed by atoms with Gasteiger partial charge in [-0.05, 0) is 42.8 Å². The summed E-state index contributed by atoms with van der Waals surface area (Å²) in [5.74, 6) is 2.04. The predicted octanol–water partition coefficient (Wildman–Crippen LogP) is 3.65. The SMILES string of the molecule is CSCCC(C)C1=CCCC=C1. The molecule has 68 valence electrons. The lowest BCUT2D eigenvalue weighted by molar-refractivity contribution is 0.669. The van der Waals surface area contributed by atoms with Crippen molar-refractivity contribution in [3.8, 4) is 0 Å². The first-order valence-electron chi connectivity index (χ1n) is 4.70. The highest BCUT2D eigenvalue weighted by Crippen LogP contribution is 2.21. The highest BCUT2D eigenvalue weighted by atomic mass is 32.2. The van der Waals surface area contributed by atoms with Crippen LogP contribution in [0.5, 0.6) is 0 Å². The van der Waals surface area contributed by atoms with Crippen LogP contribution in [-0.4, -0.2) is 12.0 Å². The van der Waals surface area contributed by atoms with Gasteiger partial charge in [-0.1, -0.05) is 25.2 Å². The molecule has 0 bridgehead atoms. The normalized spacial score (nSPS) is 19.0. The van der Waals surface area contributed by atoms with E-state index >= 15 is 0 Å². The second-order valence-electron chi connectivity index (χ2n) is 3.37. The Bertz CT molecular complexity index is 179. The molecule has 1 heteroatoms. The molecule has 0 aliphatic heterocycles. The first-order valence-corrected chi connectivity index (χ1v) is 6.09. The zero-order valence-electron chi connectivity index (χ0n) is 8.05. The summed E-state index contributed by atoms with van der Waals surface area (Å²) in [6, 6.07) is 0. The molecular formula is C11H18S. The Hall–Kier alpha value is -0.170. The van der Waals surface area contributed by atoms with Gasteiger partial charge < -0.3 is 0 Å². The van der Waals surface area contributed by atoms with Crippen LogP contribution in [0.4, 0.5) is 0 Å². The Morgan fingerprint density at radius 1 is 1.50 bits per heavy atom. The summed E-state index contributed by atoms with van der Waals surface area (Å²) in [6.45, 7) is 2.33. The highest BCUT2D eigenvalue weighted by molar-refractivity contribution is 7.98. The van der Waals surface area contributed by atoms with Crippen LogP contribution in [0.25, 0.3) is 0 Å². The van der Waals surface area contributed by atoms with Crippen molar-refractivity contribution in [2.45, 2.75) is 26.2 Å². The van der Waals surface area contributed by atoms with Crippen molar-refractivity contribution in [2.24, 2.45) is 5.92 Å². The molecule has 0 aromatic heterocycles. The third-order valence-corrected chi connectivity index (χ3v) is 2.99. The lowest BCUT2D eigenvalue weighted by Crippen LogP contribution is -2.00. The number of thioether (sulfide) groups is 1. The van der Waals surface area contributed by atoms with Crippen LogP contribution in [0.1, 0.15) is 26.2 Å². The average molecular weight is 182 g/mol. The molecule has 1 atom stereocenters. The first kappa shape index (κ1) is 9.91. The van der Waals surface area contributed by atoms with E-state index in [1.807, 2.05) is 11.8 Å². The van der Waals surface area contributed by atoms with Crippen molar-refractivity contribution < 1.29 is 0 Å². The minimum absolute atomic E-state index is 0.758. The van der Waals surface area contributed by atoms with Crippen LogP contribution < -0.4 is 0 Å². The molecule has 0 aromatic carbocycles. The second-order valence-corrected chi connectivity index (χ2v) is 4.35. The van der Waals surface area contributed by atoms with E-state index in [1.165, 1.54) is 25.0 Å². The summed E-state index contributed by atoms with van der Waals surface area (Å²) < 4.78 is 0. The molecule has 0 nitrogen and oxygen atoms in total. The Kier molecular flexibility index (Phi) is 4.52. The van der Waals surface area contributed by atoms with Crippen molar-refractivity contribution in [1.29, 1.82) is 0 Å². The van der Waals surface area contributed by atoms with E-state index in [4.69, 9.17) is 0 Å². The van der Waals surface area contributed by atoms with Crippen LogP contribution in [0.15, 0.2) is 23.8 Å². The largest absolute Gasteiger partial charge is 0.165 e. The fourth-order valence-corrected chi connectivity index (χ4v) is 2.05. The summed E-state index contributed by atoms with van der Waals surface area (Å²) >= 11 is 1.94. The van der Waals surface area contributed by atoms with E-state index in [2.05, 4.69) is 31.4 Å². The molecule has 1 aliphatic carbocycles. The van der Waals surface area contributed by atoms with Crippen molar-refractivity contribution in [3.05, 3.63) is 23.8 Å². The molecule has 1 rings (SSSR count). The van der Waals surface area contributed by atoms with E-state index in [0.717, 1.165) is 5.92 Å². The second kappa shape index (κ2) is 5.47. The van der Waals surface area contributed by atoms with Gasteiger partial charge in [0.1, 0.15) is 0 Å². The van der Waals surface area contributed by atoms with Gasteiger partial charge in [-0.2, -0.15) is 11.8 Å². The zero-order valence-corrected chi connectivity index (χ0v) is 8.86. The third-order valence-electron chi connectivity index (χ3n) is 2.35. The van der Waals surface area contributed by atoms with Gasteiger partial charge in [0.05, 0.1) is 0 Å². The van der Waals surface area contributed by atoms with Gasteiger partial charge in [-0.25, -0.2) is 0 Å². The smallest absolute Gasteiger partial charge is 0.00646 e. The molecule has 1 unspecified atom stereocenters. The molecule has 12 heavy (non-hydrogen) atoms. The van der Waals surface area contributed by atoms with Crippen molar-refractivity contribution in [1.82, 2.24) is 0 Å². The predicted molar refractivity (Wildman–Crippen MR) is 58.6 cm³/mol. The Labute approximate surface area is 80.1 Å². The van der Waals surface area contributed by atoms with E-state index in [0.29, 0.717) is 0 Å². The van der Waals surface area contributed by atoms with Gasteiger partial charge in [-0.15, -0.1) is 0 Å². The third kappa shape index (κ3) is 3.06. The summed E-state index contributed by atoms with van der Waals surface area (Å²) in [4.78, 5) is 0. The van der Waals surface area contributed by atoms with E-state index in [1.54, 1.807) is 5.57 Å². The Balaban J connectivity index is 2.35. The van der Waals surface area contributed by atoms with Crippen molar-refractivity contribution in [3.63, 3.8) is 0 Å². The Morgan fingerprint density at radius 3 is 2.92 bits per heavy atom. The summed E-state index contributed by atoms with van der Waals surface area (Å²) in [6.07, 6.45) is 13.0. The average Bonchev–Trinajstić information content (AvgIpc) is 2.15. The highest BCUT2D eigenvalue weighted by Gasteiger charge is 2.06. The molecule has 0 heterocycles. The van der Waals surface area contributed by atoms with Crippen molar-refractivity contribution in [2.75, 3.05) is 12.0 Å². The van der Waals surface area contributed by atoms with Gasteiger partial charge in [0.25, 0.3) is 0 Å². The molecular weight excluding hydrogens is 164 g/mol. The molecule has 0 spiro atoms. The van der Waals surface area contributed by atoms with Gasteiger partial charge >= 0.3 is 0 Å². The number of hydrogen-bond acceptors (Lipinski definition) is 1. The lowest BCUT2D eigenvalue weighted by Gasteiger charge is -2.14. The first-order chi connectivity index (χ1) is 5.84. The zero-order chi connectivity index (χ0) is 8.81. The van der Waals surface area contributed by atoms with E-state index in [-0.39, 0.29) is 0 Å². The summed E-state index contributed by atoms with van der Waals surface area (Å²) in [7, 11) is 0. The molecule has 0 saturated carbocycles. The minimum Gasteiger partial charge on any atom is -0.165 e. The van der Waals surface area contributed by atoms with Gasteiger partial charge in [0.15, 0.2) is 0 Å². The monoisotopic (exact) mass is 182 g/mol. The fraction of sp³-hybridized carbons (Fsp3) is 0.636. The van der Waals surface area contributed by atoms with Crippen LogP contribution in [0.3, 0.4) is 0 Å². The standard InChI is InChI=1S/C11H18S/c1-10(8-9-12-2)11-6-4-3-5-7-11/h4,6-7,10H,3,5,8-9H2,1-2H3. The maximum Gasteiger partial charge on any atom is -0.00646 e.